The molecule has 0 rings (SSSR count). The maximum Gasteiger partial charge on any atom is 0.161 e. The van der Waals surface area contributed by atoms with Crippen molar-refractivity contribution in [3.63, 3.8) is 0 Å². The van der Waals surface area contributed by atoms with E-state index in [2.05, 4.69) is 0 Å². The van der Waals surface area contributed by atoms with E-state index in [4.69, 9.17) is 4.74 Å². The van der Waals surface area contributed by atoms with E-state index in [9.17, 15) is 13.2 Å². The molecule has 0 bridgehead atoms. The fourth-order valence-electron chi connectivity index (χ4n) is 1.19. The fraction of sp³-hybridized carbons (Fsp3) is 0.917. The molecule has 0 spiro atoms. The van der Waals surface area contributed by atoms with Gasteiger partial charge in [-0.05, 0) is 13.8 Å². The quantitative estimate of drug-likeness (QED) is 0.588. The minimum Gasteiger partial charge on any atom is -0.358 e. The second-order valence-electron chi connectivity index (χ2n) is 5.13. The summed E-state index contributed by atoms with van der Waals surface area (Å²) in [6.07, 6.45) is 1.22. The van der Waals surface area contributed by atoms with E-state index in [0.29, 0.717) is 6.54 Å². The van der Waals surface area contributed by atoms with Gasteiger partial charge in [-0.1, -0.05) is 13.8 Å². The molecule has 0 aromatic carbocycles. The number of rotatable bonds is 9. The predicted molar refractivity (Wildman–Crippen MR) is 72.2 cm³/mol. The largest absolute Gasteiger partial charge is 0.358 e. The molecule has 0 atom stereocenters. The van der Waals surface area contributed by atoms with Gasteiger partial charge in [0.05, 0.1) is 12.5 Å². The molecular formula is C12H25NO4S. The molecule has 0 amide bonds. The van der Waals surface area contributed by atoms with Gasteiger partial charge in [0.25, 0.3) is 0 Å². The second kappa shape index (κ2) is 7.86. The van der Waals surface area contributed by atoms with Crippen LogP contribution in [-0.2, 0) is 19.4 Å². The summed E-state index contributed by atoms with van der Waals surface area (Å²) in [5, 5.41) is 0. The number of sulfone groups is 1. The molecule has 0 unspecified atom stereocenters. The van der Waals surface area contributed by atoms with Crippen LogP contribution < -0.4 is 0 Å². The highest BCUT2D eigenvalue weighted by atomic mass is 32.2. The van der Waals surface area contributed by atoms with E-state index >= 15 is 0 Å². The topological polar surface area (TPSA) is 63.7 Å². The van der Waals surface area contributed by atoms with E-state index in [1.54, 1.807) is 0 Å². The Morgan fingerprint density at radius 2 is 1.78 bits per heavy atom. The highest BCUT2D eigenvalue weighted by molar-refractivity contribution is 7.90. The zero-order valence-corrected chi connectivity index (χ0v) is 12.8. The molecule has 108 valence electrons. The van der Waals surface area contributed by atoms with Crippen LogP contribution in [0, 0.1) is 5.92 Å². The Bertz CT molecular complexity index is 349. The van der Waals surface area contributed by atoms with E-state index in [0.717, 1.165) is 0 Å². The van der Waals surface area contributed by atoms with Crippen molar-refractivity contribution < 1.29 is 17.9 Å². The van der Waals surface area contributed by atoms with Crippen LogP contribution >= 0.6 is 0 Å². The Morgan fingerprint density at radius 3 is 2.17 bits per heavy atom. The molecule has 0 fully saturated rings. The monoisotopic (exact) mass is 279 g/mol. The lowest BCUT2D eigenvalue weighted by Crippen LogP contribution is -2.37. The Balaban J connectivity index is 4.10. The molecule has 18 heavy (non-hydrogen) atoms. The van der Waals surface area contributed by atoms with Gasteiger partial charge in [-0.15, -0.1) is 0 Å². The minimum atomic E-state index is -2.97. The maximum absolute atomic E-state index is 11.4. The van der Waals surface area contributed by atoms with Crippen molar-refractivity contribution in [1.29, 1.82) is 0 Å². The Labute approximate surface area is 110 Å². The first-order valence-electron chi connectivity index (χ1n) is 6.15. The van der Waals surface area contributed by atoms with Crippen molar-refractivity contribution in [2.45, 2.75) is 33.7 Å². The summed E-state index contributed by atoms with van der Waals surface area (Å²) in [7, 11) is -2.97. The van der Waals surface area contributed by atoms with Gasteiger partial charge in [0.15, 0.2) is 5.78 Å². The summed E-state index contributed by atoms with van der Waals surface area (Å²) in [6, 6.07) is 0.181. The molecule has 0 heterocycles. The number of Topliss-reactive ketones (excluding diaryl/α,β-unsaturated/α-hetero) is 1. The molecule has 0 aliphatic heterocycles. The number of hydrogen-bond acceptors (Lipinski definition) is 5. The van der Waals surface area contributed by atoms with Gasteiger partial charge >= 0.3 is 0 Å². The van der Waals surface area contributed by atoms with Crippen molar-refractivity contribution in [2.24, 2.45) is 5.92 Å². The summed E-state index contributed by atoms with van der Waals surface area (Å²) in [6.45, 7) is 8.38. The summed E-state index contributed by atoms with van der Waals surface area (Å²) >= 11 is 0. The predicted octanol–water partition coefficient (Wildman–Crippen LogP) is 0.941. The van der Waals surface area contributed by atoms with Gasteiger partial charge in [-0.25, -0.2) is 8.42 Å². The van der Waals surface area contributed by atoms with Crippen molar-refractivity contribution >= 4 is 15.6 Å². The van der Waals surface area contributed by atoms with Crippen molar-refractivity contribution in [1.82, 2.24) is 4.90 Å². The van der Waals surface area contributed by atoms with Gasteiger partial charge in [0, 0.05) is 24.8 Å². The van der Waals surface area contributed by atoms with Crippen LogP contribution in [0.4, 0.5) is 0 Å². The van der Waals surface area contributed by atoms with Crippen LogP contribution in [0.15, 0.2) is 0 Å². The van der Waals surface area contributed by atoms with Crippen LogP contribution in [-0.4, -0.2) is 57.0 Å². The van der Waals surface area contributed by atoms with Gasteiger partial charge in [-0.3, -0.25) is 9.69 Å². The van der Waals surface area contributed by atoms with E-state index in [-0.39, 0.29) is 36.8 Å². The highest BCUT2D eigenvalue weighted by Gasteiger charge is 2.14. The third-order valence-electron chi connectivity index (χ3n) is 2.62. The van der Waals surface area contributed by atoms with Crippen LogP contribution in [0.5, 0.6) is 0 Å². The summed E-state index contributed by atoms with van der Waals surface area (Å²) < 4.78 is 27.5. The number of carbonyl (C=O) groups excluding carboxylic acids is 1. The summed E-state index contributed by atoms with van der Waals surface area (Å²) in [4.78, 5) is 13.3. The molecule has 0 aliphatic rings. The lowest BCUT2D eigenvalue weighted by molar-refractivity contribution is -0.128. The average molecular weight is 279 g/mol. The normalized spacial score (nSPS) is 12.7. The second-order valence-corrected chi connectivity index (χ2v) is 7.39. The number of ether oxygens (including phenoxy) is 1. The number of hydrogen-bond donors (Lipinski definition) is 0. The van der Waals surface area contributed by atoms with Crippen molar-refractivity contribution in [3.05, 3.63) is 0 Å². The first-order chi connectivity index (χ1) is 8.13. The molecule has 0 saturated carbocycles. The minimum absolute atomic E-state index is 0.0338. The number of carbonyl (C=O) groups is 1. The maximum atomic E-state index is 11.4. The first kappa shape index (κ1) is 17.5. The third-order valence-corrected chi connectivity index (χ3v) is 3.55. The van der Waals surface area contributed by atoms with Gasteiger partial charge in [0.2, 0.25) is 0 Å². The van der Waals surface area contributed by atoms with E-state index in [1.165, 1.54) is 6.26 Å². The molecule has 5 nitrogen and oxygen atoms in total. The number of ketones is 1. The zero-order chi connectivity index (χ0) is 14.3. The van der Waals surface area contributed by atoms with Crippen LogP contribution in [0.3, 0.4) is 0 Å². The van der Waals surface area contributed by atoms with E-state index < -0.39 is 9.84 Å². The van der Waals surface area contributed by atoms with E-state index in [1.807, 2.05) is 32.6 Å². The molecule has 0 saturated heterocycles. The fourth-order valence-corrected chi connectivity index (χ4v) is 1.75. The highest BCUT2D eigenvalue weighted by Crippen LogP contribution is 2.01. The molecule has 6 heteroatoms. The average Bonchev–Trinajstić information content (AvgIpc) is 2.20. The Morgan fingerprint density at radius 1 is 1.22 bits per heavy atom. The Kier molecular flexibility index (Phi) is 7.66. The summed E-state index contributed by atoms with van der Waals surface area (Å²) in [5.74, 6) is 0.127. The summed E-state index contributed by atoms with van der Waals surface area (Å²) in [5.41, 5.74) is 0. The molecule has 0 aromatic rings. The molecule has 0 N–H and O–H groups in total. The van der Waals surface area contributed by atoms with Crippen molar-refractivity contribution in [2.75, 3.05) is 31.9 Å². The van der Waals surface area contributed by atoms with Gasteiger partial charge < -0.3 is 4.74 Å². The van der Waals surface area contributed by atoms with Crippen LogP contribution in [0.2, 0.25) is 0 Å². The first-order valence-corrected chi connectivity index (χ1v) is 8.21. The smallest absolute Gasteiger partial charge is 0.161 e. The van der Waals surface area contributed by atoms with Gasteiger partial charge in [0.1, 0.15) is 16.4 Å². The molecule has 0 aliphatic carbocycles. The zero-order valence-electron chi connectivity index (χ0n) is 12.0. The lowest BCUT2D eigenvalue weighted by atomic mass is 10.1. The SMILES string of the molecule is CC(C)C(=O)COCN(CCS(C)(=O)=O)C(C)C. The van der Waals surface area contributed by atoms with Crippen LogP contribution in [0.25, 0.3) is 0 Å². The third kappa shape index (κ3) is 8.60. The molecule has 0 aromatic heterocycles. The standard InChI is InChI=1S/C12H25NO4S/c1-10(2)12(14)8-17-9-13(11(3)4)6-7-18(5,15)16/h10-11H,6-9H2,1-5H3. The lowest BCUT2D eigenvalue weighted by Gasteiger charge is -2.25. The Hall–Kier alpha value is -0.460. The molecular weight excluding hydrogens is 254 g/mol. The molecule has 0 radical (unpaired) electrons. The number of nitrogens with zero attached hydrogens (tertiary/aromatic N) is 1. The van der Waals surface area contributed by atoms with Crippen molar-refractivity contribution in [3.8, 4) is 0 Å². The van der Waals surface area contributed by atoms with Gasteiger partial charge in [-0.2, -0.15) is 0 Å². The van der Waals surface area contributed by atoms with Crippen LogP contribution in [0.1, 0.15) is 27.7 Å².